The first-order valence-corrected chi connectivity index (χ1v) is 11.5. The highest BCUT2D eigenvalue weighted by atomic mass is 32.2. The van der Waals surface area contributed by atoms with Gasteiger partial charge in [0.05, 0.1) is 20.0 Å². The van der Waals surface area contributed by atoms with Gasteiger partial charge in [-0.1, -0.05) is 47.3 Å². The van der Waals surface area contributed by atoms with Crippen LogP contribution in [0.3, 0.4) is 0 Å². The molecular formula is C25H21N5O3S. The van der Waals surface area contributed by atoms with Gasteiger partial charge in [-0.25, -0.2) is 0 Å². The zero-order valence-electron chi connectivity index (χ0n) is 18.6. The third-order valence-corrected chi connectivity index (χ3v) is 6.05. The molecule has 3 aromatic carbocycles. The Morgan fingerprint density at radius 1 is 0.794 bits per heavy atom. The van der Waals surface area contributed by atoms with Crippen LogP contribution in [0.15, 0.2) is 88.5 Å². The van der Waals surface area contributed by atoms with Gasteiger partial charge in [0.25, 0.3) is 0 Å². The van der Waals surface area contributed by atoms with Gasteiger partial charge in [0.2, 0.25) is 11.7 Å². The fourth-order valence-corrected chi connectivity index (χ4v) is 4.19. The number of ether oxygens (including phenoxy) is 2. The largest absolute Gasteiger partial charge is 0.497 e. The van der Waals surface area contributed by atoms with Gasteiger partial charge in [-0.3, -0.25) is 4.57 Å². The lowest BCUT2D eigenvalue weighted by atomic mass is 10.2. The minimum absolute atomic E-state index is 0.451. The average Bonchev–Trinajstić information content (AvgIpc) is 3.55. The zero-order valence-corrected chi connectivity index (χ0v) is 19.4. The number of rotatable bonds is 8. The van der Waals surface area contributed by atoms with E-state index in [-0.39, 0.29) is 0 Å². The van der Waals surface area contributed by atoms with Gasteiger partial charge in [0.1, 0.15) is 11.5 Å². The first-order valence-electron chi connectivity index (χ1n) is 10.5. The van der Waals surface area contributed by atoms with E-state index in [1.165, 1.54) is 11.8 Å². The SMILES string of the molecule is COc1ccc(-c2noc(CSc3nnc(-c4ccccc4)n3-c3ccc(OC)cc3)n2)cc1. The van der Waals surface area contributed by atoms with Gasteiger partial charge in [-0.15, -0.1) is 10.2 Å². The van der Waals surface area contributed by atoms with E-state index in [1.807, 2.05) is 83.4 Å². The van der Waals surface area contributed by atoms with Crippen molar-refractivity contribution in [2.45, 2.75) is 10.9 Å². The van der Waals surface area contributed by atoms with Crippen LogP contribution in [0.4, 0.5) is 0 Å². The van der Waals surface area contributed by atoms with Gasteiger partial charge in [-0.05, 0) is 48.5 Å². The van der Waals surface area contributed by atoms with Crippen LogP contribution >= 0.6 is 11.8 Å². The van der Waals surface area contributed by atoms with Crippen molar-refractivity contribution >= 4 is 11.8 Å². The smallest absolute Gasteiger partial charge is 0.237 e. The molecule has 0 radical (unpaired) electrons. The minimum atomic E-state index is 0.451. The van der Waals surface area contributed by atoms with Crippen molar-refractivity contribution in [3.63, 3.8) is 0 Å². The third-order valence-electron chi connectivity index (χ3n) is 5.14. The van der Waals surface area contributed by atoms with Crippen molar-refractivity contribution in [3.8, 4) is 40.0 Å². The summed E-state index contributed by atoms with van der Waals surface area (Å²) in [5.41, 5.74) is 2.75. The first kappa shape index (κ1) is 21.7. The van der Waals surface area contributed by atoms with Crippen LogP contribution in [0, 0.1) is 0 Å². The number of aromatic nitrogens is 5. The molecule has 5 aromatic rings. The molecule has 0 aliphatic heterocycles. The molecule has 0 amide bonds. The molecule has 0 bridgehead atoms. The number of methoxy groups -OCH3 is 2. The van der Waals surface area contributed by atoms with E-state index in [2.05, 4.69) is 20.3 Å². The summed E-state index contributed by atoms with van der Waals surface area (Å²) >= 11 is 1.48. The van der Waals surface area contributed by atoms with E-state index in [0.717, 1.165) is 34.1 Å². The minimum Gasteiger partial charge on any atom is -0.497 e. The normalized spacial score (nSPS) is 10.9. The number of nitrogens with zero attached hydrogens (tertiary/aromatic N) is 5. The summed E-state index contributed by atoms with van der Waals surface area (Å²) in [6, 6.07) is 25.3. The summed E-state index contributed by atoms with van der Waals surface area (Å²) in [5, 5.41) is 13.7. The highest BCUT2D eigenvalue weighted by molar-refractivity contribution is 7.98. The molecule has 0 fully saturated rings. The fourth-order valence-electron chi connectivity index (χ4n) is 3.40. The molecule has 0 spiro atoms. The van der Waals surface area contributed by atoms with E-state index < -0.39 is 0 Å². The van der Waals surface area contributed by atoms with Crippen molar-refractivity contribution in [1.29, 1.82) is 0 Å². The summed E-state index contributed by atoms with van der Waals surface area (Å²) in [6.45, 7) is 0. The van der Waals surface area contributed by atoms with Crippen molar-refractivity contribution in [2.24, 2.45) is 0 Å². The Labute approximate surface area is 200 Å². The van der Waals surface area contributed by atoms with E-state index >= 15 is 0 Å². The maximum absolute atomic E-state index is 5.48. The summed E-state index contributed by atoms with van der Waals surface area (Å²) in [7, 11) is 3.28. The van der Waals surface area contributed by atoms with Crippen LogP contribution in [0.2, 0.25) is 0 Å². The number of thioether (sulfide) groups is 1. The Morgan fingerprint density at radius 2 is 1.47 bits per heavy atom. The van der Waals surface area contributed by atoms with Crippen LogP contribution in [-0.4, -0.2) is 39.1 Å². The van der Waals surface area contributed by atoms with Crippen LogP contribution in [0.1, 0.15) is 5.89 Å². The predicted octanol–water partition coefficient (Wildman–Crippen LogP) is 5.29. The van der Waals surface area contributed by atoms with Crippen molar-refractivity contribution in [1.82, 2.24) is 24.9 Å². The number of hydrogen-bond donors (Lipinski definition) is 0. The average molecular weight is 472 g/mol. The molecule has 8 nitrogen and oxygen atoms in total. The Balaban J connectivity index is 1.41. The molecule has 0 aliphatic carbocycles. The molecule has 0 N–H and O–H groups in total. The molecule has 2 aromatic heterocycles. The summed E-state index contributed by atoms with van der Waals surface area (Å²) in [5.74, 6) is 3.78. The van der Waals surface area contributed by atoms with E-state index in [9.17, 15) is 0 Å². The van der Waals surface area contributed by atoms with E-state index in [1.54, 1.807) is 14.2 Å². The monoisotopic (exact) mass is 471 g/mol. The summed E-state index contributed by atoms with van der Waals surface area (Å²) in [6.07, 6.45) is 0. The van der Waals surface area contributed by atoms with Gasteiger partial charge >= 0.3 is 0 Å². The molecule has 0 aliphatic rings. The molecule has 34 heavy (non-hydrogen) atoms. The maximum atomic E-state index is 5.48. The molecule has 9 heteroatoms. The second-order valence-electron chi connectivity index (χ2n) is 7.23. The highest BCUT2D eigenvalue weighted by Gasteiger charge is 2.18. The van der Waals surface area contributed by atoms with E-state index in [4.69, 9.17) is 14.0 Å². The van der Waals surface area contributed by atoms with Crippen LogP contribution in [0.5, 0.6) is 11.5 Å². The molecule has 0 unspecified atom stereocenters. The van der Waals surface area contributed by atoms with Crippen LogP contribution in [-0.2, 0) is 5.75 Å². The molecule has 0 saturated carbocycles. The van der Waals surface area contributed by atoms with Gasteiger partial charge in [0.15, 0.2) is 11.0 Å². The first-order chi connectivity index (χ1) is 16.7. The standard InChI is InChI=1S/C25H21N5O3S/c1-31-20-12-8-17(9-13-20)23-26-22(33-29-23)16-34-25-28-27-24(18-6-4-3-5-7-18)30(25)19-10-14-21(32-2)15-11-19/h3-15H,16H2,1-2H3. The van der Waals surface area contributed by atoms with Crippen LogP contribution < -0.4 is 9.47 Å². The second-order valence-corrected chi connectivity index (χ2v) is 8.18. The molecule has 5 rings (SSSR count). The van der Waals surface area contributed by atoms with E-state index in [0.29, 0.717) is 22.6 Å². The summed E-state index contributed by atoms with van der Waals surface area (Å²) in [4.78, 5) is 4.53. The molecule has 0 atom stereocenters. The lowest BCUT2D eigenvalue weighted by Gasteiger charge is -2.10. The lowest BCUT2D eigenvalue weighted by molar-refractivity contribution is 0.391. The Kier molecular flexibility index (Phi) is 6.26. The lowest BCUT2D eigenvalue weighted by Crippen LogP contribution is -2.00. The number of benzene rings is 3. The predicted molar refractivity (Wildman–Crippen MR) is 129 cm³/mol. The topological polar surface area (TPSA) is 88.1 Å². The Hall–Kier alpha value is -4.11. The highest BCUT2D eigenvalue weighted by Crippen LogP contribution is 2.30. The maximum Gasteiger partial charge on any atom is 0.237 e. The van der Waals surface area contributed by atoms with Crippen molar-refractivity contribution in [3.05, 3.63) is 84.8 Å². The molecular weight excluding hydrogens is 450 g/mol. The van der Waals surface area contributed by atoms with Crippen molar-refractivity contribution in [2.75, 3.05) is 14.2 Å². The number of hydrogen-bond acceptors (Lipinski definition) is 8. The second kappa shape index (κ2) is 9.80. The fraction of sp³-hybridized carbons (Fsp3) is 0.120. The quantitative estimate of drug-likeness (QED) is 0.282. The van der Waals surface area contributed by atoms with Crippen molar-refractivity contribution < 1.29 is 14.0 Å². The van der Waals surface area contributed by atoms with Gasteiger partial charge in [-0.2, -0.15) is 4.98 Å². The molecule has 0 saturated heterocycles. The van der Waals surface area contributed by atoms with Gasteiger partial charge in [0, 0.05) is 16.8 Å². The zero-order chi connectivity index (χ0) is 23.3. The molecule has 170 valence electrons. The van der Waals surface area contributed by atoms with Crippen LogP contribution in [0.25, 0.3) is 28.5 Å². The van der Waals surface area contributed by atoms with Gasteiger partial charge < -0.3 is 14.0 Å². The summed E-state index contributed by atoms with van der Waals surface area (Å²) < 4.78 is 18.0. The molecule has 2 heterocycles. The Bertz CT molecular complexity index is 1370. The Morgan fingerprint density at radius 3 is 2.15 bits per heavy atom. The third kappa shape index (κ3) is 4.51.